The molecule has 0 spiro atoms. The number of hydrogen-bond donors (Lipinski definition) is 1. The van der Waals surface area contributed by atoms with Crippen molar-refractivity contribution in [1.82, 2.24) is 24.8 Å². The first-order chi connectivity index (χ1) is 14.2. The Morgan fingerprint density at radius 2 is 2.17 bits per heavy atom. The van der Waals surface area contributed by atoms with Gasteiger partial charge in [0.2, 0.25) is 0 Å². The molecule has 1 aliphatic rings. The van der Waals surface area contributed by atoms with Crippen LogP contribution in [0.25, 0.3) is 21.6 Å². The van der Waals surface area contributed by atoms with Gasteiger partial charge in [-0.15, -0.1) is 11.3 Å². The number of likely N-dealkylation sites (tertiary alicyclic amines) is 1. The third-order valence-electron chi connectivity index (χ3n) is 5.39. The van der Waals surface area contributed by atoms with E-state index in [4.69, 9.17) is 9.97 Å². The number of aryl methyl sites for hydroxylation is 1. The molecule has 29 heavy (non-hydrogen) atoms. The molecule has 0 unspecified atom stereocenters. The number of H-pyrrole nitrogens is 1. The van der Waals surface area contributed by atoms with Crippen molar-refractivity contribution in [2.24, 2.45) is 0 Å². The molecule has 5 rings (SSSR count). The van der Waals surface area contributed by atoms with Crippen molar-refractivity contribution in [1.29, 1.82) is 0 Å². The Hall–Kier alpha value is -3.06. The Morgan fingerprint density at radius 1 is 1.24 bits per heavy atom. The van der Waals surface area contributed by atoms with Gasteiger partial charge in [-0.25, -0.2) is 15.0 Å². The summed E-state index contributed by atoms with van der Waals surface area (Å²) in [5.74, 6) is 1.05. The van der Waals surface area contributed by atoms with Gasteiger partial charge in [-0.1, -0.05) is 6.07 Å². The van der Waals surface area contributed by atoms with Gasteiger partial charge in [0, 0.05) is 30.3 Å². The standard InChI is InChI=1S/C22H21N5OS/c1-14-10-19(20-5-3-9-29-20)26-21(25-14)16-4-2-8-27(12-16)22(28)15-6-7-17-18(11-15)24-13-23-17/h3,5-7,9-11,13,16H,2,4,8,12H2,1H3,(H,23,24)/t16-/m1/s1. The molecule has 1 aliphatic heterocycles. The number of rotatable bonds is 3. The number of nitrogens with zero attached hydrogens (tertiary/aromatic N) is 4. The van der Waals surface area contributed by atoms with Crippen LogP contribution in [0.1, 0.15) is 40.6 Å². The second kappa shape index (κ2) is 7.40. The molecule has 7 heteroatoms. The SMILES string of the molecule is Cc1cc(-c2cccs2)nc([C@@H]2CCCN(C(=O)c3ccc4nc[nH]c4c3)C2)n1. The van der Waals surface area contributed by atoms with E-state index >= 15 is 0 Å². The molecule has 4 heterocycles. The van der Waals surface area contributed by atoms with Gasteiger partial charge in [-0.05, 0) is 55.5 Å². The predicted molar refractivity (Wildman–Crippen MR) is 114 cm³/mol. The van der Waals surface area contributed by atoms with Crippen molar-refractivity contribution in [3.05, 3.63) is 65.2 Å². The lowest BCUT2D eigenvalue weighted by atomic mass is 9.96. The largest absolute Gasteiger partial charge is 0.345 e. The van der Waals surface area contributed by atoms with E-state index < -0.39 is 0 Å². The number of benzene rings is 1. The fourth-order valence-electron chi connectivity index (χ4n) is 3.95. The fraction of sp³-hybridized carbons (Fsp3) is 0.273. The minimum absolute atomic E-state index is 0.0531. The van der Waals surface area contributed by atoms with Gasteiger partial charge in [0.05, 0.1) is 27.9 Å². The normalized spacial score (nSPS) is 17.0. The number of aromatic amines is 1. The van der Waals surface area contributed by atoms with E-state index in [2.05, 4.69) is 21.4 Å². The van der Waals surface area contributed by atoms with Gasteiger partial charge in [0.15, 0.2) is 0 Å². The monoisotopic (exact) mass is 403 g/mol. The Balaban J connectivity index is 1.40. The van der Waals surface area contributed by atoms with Crippen molar-refractivity contribution < 1.29 is 4.79 Å². The molecule has 1 amide bonds. The van der Waals surface area contributed by atoms with Crippen LogP contribution in [0.2, 0.25) is 0 Å². The average molecular weight is 404 g/mol. The van der Waals surface area contributed by atoms with Gasteiger partial charge < -0.3 is 9.88 Å². The molecule has 0 saturated carbocycles. The van der Waals surface area contributed by atoms with Crippen molar-refractivity contribution in [2.45, 2.75) is 25.7 Å². The van der Waals surface area contributed by atoms with Crippen LogP contribution in [-0.2, 0) is 0 Å². The number of fused-ring (bicyclic) bond motifs is 1. The predicted octanol–water partition coefficient (Wildman–Crippen LogP) is 4.41. The van der Waals surface area contributed by atoms with E-state index in [1.54, 1.807) is 17.7 Å². The summed E-state index contributed by atoms with van der Waals surface area (Å²) in [4.78, 5) is 33.1. The third-order valence-corrected chi connectivity index (χ3v) is 6.28. The highest BCUT2D eigenvalue weighted by atomic mass is 32.1. The molecular weight excluding hydrogens is 382 g/mol. The van der Waals surface area contributed by atoms with E-state index in [0.29, 0.717) is 12.1 Å². The highest BCUT2D eigenvalue weighted by Gasteiger charge is 2.28. The van der Waals surface area contributed by atoms with Crippen LogP contribution in [0.3, 0.4) is 0 Å². The zero-order chi connectivity index (χ0) is 19.8. The van der Waals surface area contributed by atoms with Crippen LogP contribution in [0.4, 0.5) is 0 Å². The summed E-state index contributed by atoms with van der Waals surface area (Å²) in [6.45, 7) is 3.42. The highest BCUT2D eigenvalue weighted by Crippen LogP contribution is 2.29. The quantitative estimate of drug-likeness (QED) is 0.550. The lowest BCUT2D eigenvalue weighted by Crippen LogP contribution is -2.39. The molecule has 1 atom stereocenters. The number of carbonyl (C=O) groups is 1. The van der Waals surface area contributed by atoms with Gasteiger partial charge in [-0.2, -0.15) is 0 Å². The number of piperidine rings is 1. The molecule has 146 valence electrons. The first kappa shape index (κ1) is 18.0. The first-order valence-corrected chi connectivity index (χ1v) is 10.7. The van der Waals surface area contributed by atoms with Crippen LogP contribution in [0, 0.1) is 6.92 Å². The Labute approximate surface area is 172 Å². The summed E-state index contributed by atoms with van der Waals surface area (Å²) < 4.78 is 0. The molecule has 1 N–H and O–H groups in total. The van der Waals surface area contributed by atoms with Crippen LogP contribution in [-0.4, -0.2) is 43.8 Å². The molecule has 1 fully saturated rings. The number of thiophene rings is 1. The zero-order valence-electron chi connectivity index (χ0n) is 16.1. The van der Waals surface area contributed by atoms with Crippen molar-refractivity contribution in [3.8, 4) is 10.6 Å². The number of imidazole rings is 1. The van der Waals surface area contributed by atoms with E-state index in [-0.39, 0.29) is 11.8 Å². The maximum atomic E-state index is 13.1. The molecule has 0 bridgehead atoms. The summed E-state index contributed by atoms with van der Waals surface area (Å²) in [5, 5.41) is 2.06. The van der Waals surface area contributed by atoms with Gasteiger partial charge in [0.1, 0.15) is 5.82 Å². The number of aromatic nitrogens is 4. The topological polar surface area (TPSA) is 74.8 Å². The second-order valence-electron chi connectivity index (χ2n) is 7.45. The first-order valence-electron chi connectivity index (χ1n) is 9.79. The summed E-state index contributed by atoms with van der Waals surface area (Å²) in [5.41, 5.74) is 4.37. The van der Waals surface area contributed by atoms with Gasteiger partial charge >= 0.3 is 0 Å². The maximum absolute atomic E-state index is 13.1. The summed E-state index contributed by atoms with van der Waals surface area (Å²) >= 11 is 1.68. The average Bonchev–Trinajstić information content (AvgIpc) is 3.44. The van der Waals surface area contributed by atoms with Gasteiger partial charge in [0.25, 0.3) is 5.91 Å². The lowest BCUT2D eigenvalue weighted by molar-refractivity contribution is 0.0704. The molecule has 1 aromatic carbocycles. The molecule has 0 aliphatic carbocycles. The molecule has 6 nitrogen and oxygen atoms in total. The number of carbonyl (C=O) groups excluding carboxylic acids is 1. The number of amides is 1. The van der Waals surface area contributed by atoms with E-state index in [1.165, 1.54) is 0 Å². The summed E-state index contributed by atoms with van der Waals surface area (Å²) in [6, 6.07) is 11.8. The van der Waals surface area contributed by atoms with E-state index in [0.717, 1.165) is 52.5 Å². The van der Waals surface area contributed by atoms with E-state index in [9.17, 15) is 4.79 Å². The molecule has 3 aromatic heterocycles. The van der Waals surface area contributed by atoms with Crippen molar-refractivity contribution in [3.63, 3.8) is 0 Å². The minimum atomic E-state index is 0.0531. The molecule has 0 radical (unpaired) electrons. The second-order valence-corrected chi connectivity index (χ2v) is 8.40. The number of hydrogen-bond acceptors (Lipinski definition) is 5. The zero-order valence-corrected chi connectivity index (χ0v) is 16.9. The fourth-order valence-corrected chi connectivity index (χ4v) is 4.63. The summed E-state index contributed by atoms with van der Waals surface area (Å²) in [6.07, 6.45) is 3.60. The Kier molecular flexibility index (Phi) is 4.60. The lowest BCUT2D eigenvalue weighted by Gasteiger charge is -2.32. The third kappa shape index (κ3) is 3.53. The van der Waals surface area contributed by atoms with Crippen molar-refractivity contribution >= 4 is 28.3 Å². The number of nitrogens with one attached hydrogen (secondary N) is 1. The van der Waals surface area contributed by atoms with Gasteiger partial charge in [-0.3, -0.25) is 4.79 Å². The molecular formula is C22H21N5OS. The Morgan fingerprint density at radius 3 is 3.03 bits per heavy atom. The molecule has 1 saturated heterocycles. The minimum Gasteiger partial charge on any atom is -0.345 e. The smallest absolute Gasteiger partial charge is 0.253 e. The van der Waals surface area contributed by atoms with Crippen LogP contribution >= 0.6 is 11.3 Å². The highest BCUT2D eigenvalue weighted by molar-refractivity contribution is 7.13. The maximum Gasteiger partial charge on any atom is 0.253 e. The Bertz CT molecular complexity index is 1170. The van der Waals surface area contributed by atoms with Crippen LogP contribution in [0.15, 0.2) is 48.1 Å². The van der Waals surface area contributed by atoms with E-state index in [1.807, 2.05) is 42.2 Å². The summed E-state index contributed by atoms with van der Waals surface area (Å²) in [7, 11) is 0. The van der Waals surface area contributed by atoms with Crippen LogP contribution in [0.5, 0.6) is 0 Å². The molecule has 4 aromatic rings. The van der Waals surface area contributed by atoms with Crippen LogP contribution < -0.4 is 0 Å². The van der Waals surface area contributed by atoms with Crippen molar-refractivity contribution in [2.75, 3.05) is 13.1 Å².